The summed E-state index contributed by atoms with van der Waals surface area (Å²) in [5.74, 6) is -0.736. The summed E-state index contributed by atoms with van der Waals surface area (Å²) in [5.41, 5.74) is 1.34. The predicted molar refractivity (Wildman–Crippen MR) is 95.9 cm³/mol. The van der Waals surface area contributed by atoms with Gasteiger partial charge in [-0.05, 0) is 41.8 Å². The Kier molecular flexibility index (Phi) is 4.94. The van der Waals surface area contributed by atoms with Crippen LogP contribution in [0.2, 0.25) is 0 Å². The van der Waals surface area contributed by atoms with E-state index in [9.17, 15) is 9.59 Å². The first-order valence-electron chi connectivity index (χ1n) is 8.23. The van der Waals surface area contributed by atoms with E-state index in [0.29, 0.717) is 10.2 Å². The van der Waals surface area contributed by atoms with Gasteiger partial charge in [-0.15, -0.1) is 0 Å². The minimum absolute atomic E-state index is 0.211. The molecule has 1 saturated carbocycles. The normalized spacial score (nSPS) is 16.3. The molecule has 2 aromatic rings. The number of hydrogen-bond acceptors (Lipinski definition) is 3. The zero-order valence-electron chi connectivity index (χ0n) is 13.8. The summed E-state index contributed by atoms with van der Waals surface area (Å²) in [6, 6.07) is 7.92. The van der Waals surface area contributed by atoms with Crippen molar-refractivity contribution in [3.05, 3.63) is 34.4 Å². The van der Waals surface area contributed by atoms with Gasteiger partial charge in [0, 0.05) is 24.0 Å². The van der Waals surface area contributed by atoms with Gasteiger partial charge in [0.15, 0.2) is 6.10 Å². The van der Waals surface area contributed by atoms with Crippen LogP contribution in [0.4, 0.5) is 0 Å². The largest absolute Gasteiger partial charge is 0.448 e. The van der Waals surface area contributed by atoms with Crippen LogP contribution in [0, 0.1) is 0 Å². The number of carbonyl (C=O) groups is 2. The molecule has 1 fully saturated rings. The average Bonchev–Trinajstić information content (AvgIpc) is 3.15. The van der Waals surface area contributed by atoms with Crippen molar-refractivity contribution < 1.29 is 14.3 Å². The van der Waals surface area contributed by atoms with Gasteiger partial charge >= 0.3 is 5.97 Å². The standard InChI is InChI=1S/C18H21BrN2O3/c1-11(17(22)20-12-7-3-4-8-12)24-18(23)16-15(19)13-9-5-6-10-14(13)21(16)2/h5-6,9-12H,3-4,7-8H2,1-2H3,(H,20,22)/t11-/m0/s1. The van der Waals surface area contributed by atoms with E-state index in [1.807, 2.05) is 31.3 Å². The van der Waals surface area contributed by atoms with Crippen LogP contribution in [0.3, 0.4) is 0 Å². The number of esters is 1. The number of para-hydroxylation sites is 1. The fraction of sp³-hybridized carbons (Fsp3) is 0.444. The highest BCUT2D eigenvalue weighted by atomic mass is 79.9. The molecule has 1 heterocycles. The Hall–Kier alpha value is -1.82. The number of nitrogens with zero attached hydrogens (tertiary/aromatic N) is 1. The number of nitrogens with one attached hydrogen (secondary N) is 1. The first-order valence-corrected chi connectivity index (χ1v) is 9.02. The Bertz CT molecular complexity index is 739. The summed E-state index contributed by atoms with van der Waals surface area (Å²) >= 11 is 3.48. The Morgan fingerprint density at radius 3 is 2.62 bits per heavy atom. The number of fused-ring (bicyclic) bond motifs is 1. The maximum absolute atomic E-state index is 12.6. The number of carbonyl (C=O) groups excluding carboxylic acids is 2. The maximum atomic E-state index is 12.6. The number of hydrogen-bond donors (Lipinski definition) is 1. The summed E-state index contributed by atoms with van der Waals surface area (Å²) in [7, 11) is 1.81. The van der Waals surface area contributed by atoms with Gasteiger partial charge in [0.25, 0.3) is 5.91 Å². The second-order valence-electron chi connectivity index (χ2n) is 6.28. The van der Waals surface area contributed by atoms with Gasteiger partial charge in [-0.25, -0.2) is 4.79 Å². The molecular formula is C18H21BrN2O3. The number of aryl methyl sites for hydroxylation is 1. The van der Waals surface area contributed by atoms with Crippen molar-refractivity contribution in [3.63, 3.8) is 0 Å². The summed E-state index contributed by atoms with van der Waals surface area (Å²) in [6.45, 7) is 1.61. The third kappa shape index (κ3) is 3.20. The van der Waals surface area contributed by atoms with Crippen LogP contribution in [0.1, 0.15) is 43.1 Å². The smallest absolute Gasteiger partial charge is 0.356 e. The Morgan fingerprint density at radius 1 is 1.29 bits per heavy atom. The van der Waals surface area contributed by atoms with Gasteiger partial charge in [0.2, 0.25) is 0 Å². The minimum Gasteiger partial charge on any atom is -0.448 e. The SMILES string of the molecule is C[C@H](OC(=O)c1c(Br)c2ccccc2n1C)C(=O)NC1CCCC1. The molecule has 128 valence electrons. The zero-order chi connectivity index (χ0) is 17.3. The second-order valence-corrected chi connectivity index (χ2v) is 7.07. The molecule has 1 aromatic carbocycles. The Morgan fingerprint density at radius 2 is 1.96 bits per heavy atom. The molecule has 0 unspecified atom stereocenters. The van der Waals surface area contributed by atoms with Crippen molar-refractivity contribution in [2.24, 2.45) is 7.05 Å². The maximum Gasteiger partial charge on any atom is 0.356 e. The molecule has 1 aromatic heterocycles. The molecule has 5 nitrogen and oxygen atoms in total. The highest BCUT2D eigenvalue weighted by molar-refractivity contribution is 9.10. The van der Waals surface area contributed by atoms with Gasteiger partial charge in [0.1, 0.15) is 5.69 Å². The number of amides is 1. The number of halogens is 1. The number of aromatic nitrogens is 1. The van der Waals surface area contributed by atoms with Crippen molar-refractivity contribution in [2.75, 3.05) is 0 Å². The lowest BCUT2D eigenvalue weighted by atomic mass is 10.2. The highest BCUT2D eigenvalue weighted by Crippen LogP contribution is 2.30. The van der Waals surface area contributed by atoms with Crippen molar-refractivity contribution in [1.29, 1.82) is 0 Å². The zero-order valence-corrected chi connectivity index (χ0v) is 15.4. The second kappa shape index (κ2) is 6.97. The van der Waals surface area contributed by atoms with Gasteiger partial charge < -0.3 is 14.6 Å². The molecule has 0 radical (unpaired) electrons. The van der Waals surface area contributed by atoms with Crippen LogP contribution in [-0.4, -0.2) is 28.6 Å². The van der Waals surface area contributed by atoms with Crippen LogP contribution in [0.25, 0.3) is 10.9 Å². The molecular weight excluding hydrogens is 372 g/mol. The summed E-state index contributed by atoms with van der Waals surface area (Å²) in [5, 5.41) is 3.90. The molecule has 1 amide bonds. The first kappa shape index (κ1) is 17.0. The minimum atomic E-state index is -0.817. The van der Waals surface area contributed by atoms with E-state index in [-0.39, 0.29) is 11.9 Å². The lowest BCUT2D eigenvalue weighted by Crippen LogP contribution is -2.41. The Labute approximate surface area is 149 Å². The van der Waals surface area contributed by atoms with Gasteiger partial charge in [-0.1, -0.05) is 31.0 Å². The first-order chi connectivity index (χ1) is 11.5. The quantitative estimate of drug-likeness (QED) is 0.809. The fourth-order valence-electron chi connectivity index (χ4n) is 3.23. The lowest BCUT2D eigenvalue weighted by molar-refractivity contribution is -0.129. The summed E-state index contributed by atoms with van der Waals surface area (Å²) in [4.78, 5) is 24.8. The molecule has 1 aliphatic rings. The molecule has 0 saturated heterocycles. The molecule has 24 heavy (non-hydrogen) atoms. The van der Waals surface area contributed by atoms with E-state index < -0.39 is 12.1 Å². The van der Waals surface area contributed by atoms with Crippen molar-refractivity contribution in [1.82, 2.24) is 9.88 Å². The highest BCUT2D eigenvalue weighted by Gasteiger charge is 2.26. The third-order valence-electron chi connectivity index (χ3n) is 4.59. The molecule has 1 N–H and O–H groups in total. The fourth-order valence-corrected chi connectivity index (χ4v) is 4.00. The average molecular weight is 393 g/mol. The van der Waals surface area contributed by atoms with E-state index in [2.05, 4.69) is 21.2 Å². The van der Waals surface area contributed by atoms with Crippen LogP contribution >= 0.6 is 15.9 Å². The lowest BCUT2D eigenvalue weighted by Gasteiger charge is -2.17. The molecule has 1 atom stereocenters. The summed E-state index contributed by atoms with van der Waals surface area (Å²) in [6.07, 6.45) is 3.47. The van der Waals surface area contributed by atoms with E-state index in [1.54, 1.807) is 11.5 Å². The predicted octanol–water partition coefficient (Wildman–Crippen LogP) is 3.54. The number of benzene rings is 1. The van der Waals surface area contributed by atoms with E-state index >= 15 is 0 Å². The molecule has 0 bridgehead atoms. The monoisotopic (exact) mass is 392 g/mol. The number of ether oxygens (including phenoxy) is 1. The van der Waals surface area contributed by atoms with Gasteiger partial charge in [-0.2, -0.15) is 0 Å². The molecule has 0 spiro atoms. The van der Waals surface area contributed by atoms with Crippen LogP contribution in [0.5, 0.6) is 0 Å². The summed E-state index contributed by atoms with van der Waals surface area (Å²) < 4.78 is 7.87. The van der Waals surface area contributed by atoms with Crippen LogP contribution < -0.4 is 5.32 Å². The van der Waals surface area contributed by atoms with E-state index in [1.165, 1.54) is 0 Å². The van der Waals surface area contributed by atoms with E-state index in [4.69, 9.17) is 4.74 Å². The van der Waals surface area contributed by atoms with Gasteiger partial charge in [0.05, 0.1) is 4.47 Å². The Balaban J connectivity index is 1.73. The van der Waals surface area contributed by atoms with Crippen LogP contribution in [0.15, 0.2) is 28.7 Å². The van der Waals surface area contributed by atoms with Crippen molar-refractivity contribution in [3.8, 4) is 0 Å². The van der Waals surface area contributed by atoms with E-state index in [0.717, 1.165) is 36.6 Å². The topological polar surface area (TPSA) is 60.3 Å². The van der Waals surface area contributed by atoms with Crippen LogP contribution in [-0.2, 0) is 16.6 Å². The van der Waals surface area contributed by atoms with Crippen molar-refractivity contribution in [2.45, 2.75) is 44.8 Å². The third-order valence-corrected chi connectivity index (χ3v) is 5.40. The molecule has 3 rings (SSSR count). The van der Waals surface area contributed by atoms with Crippen molar-refractivity contribution >= 4 is 38.7 Å². The van der Waals surface area contributed by atoms with Gasteiger partial charge in [-0.3, -0.25) is 4.79 Å². The molecule has 6 heteroatoms. The molecule has 0 aliphatic heterocycles. The number of rotatable bonds is 4. The molecule has 1 aliphatic carbocycles.